The first-order valence-electron chi connectivity index (χ1n) is 8.69. The molecule has 0 saturated carbocycles. The number of nitrogens with one attached hydrogen (secondary N) is 1. The monoisotopic (exact) mass is 524 g/mol. The molecule has 4 N–H and O–H groups in total. The molecule has 0 bridgehead atoms. The van der Waals surface area contributed by atoms with Gasteiger partial charge in [-0.2, -0.15) is 12.7 Å². The molecule has 18 heteroatoms. The van der Waals surface area contributed by atoms with Gasteiger partial charge in [0.1, 0.15) is 6.04 Å². The third-order valence-electron chi connectivity index (χ3n) is 4.04. The van der Waals surface area contributed by atoms with E-state index >= 15 is 0 Å². The zero-order chi connectivity index (χ0) is 23.6. The summed E-state index contributed by atoms with van der Waals surface area (Å²) in [4.78, 5) is 41.2. The minimum Gasteiger partial charge on any atom is -1.00 e. The second kappa shape index (κ2) is 11.4. The van der Waals surface area contributed by atoms with Crippen molar-refractivity contribution in [3.05, 3.63) is 11.1 Å². The van der Waals surface area contributed by atoms with E-state index in [1.807, 2.05) is 0 Å². The van der Waals surface area contributed by atoms with Crippen LogP contribution in [0.5, 0.6) is 0 Å². The molecular formula is C14H22N4NaO10PS2. The van der Waals surface area contributed by atoms with Gasteiger partial charge in [0.25, 0.3) is 5.91 Å². The average Bonchev–Trinajstić information content (AvgIpc) is 3.08. The first-order chi connectivity index (χ1) is 14.4. The Hall–Kier alpha value is -1.10. The van der Waals surface area contributed by atoms with Gasteiger partial charge in [0.15, 0.2) is 16.8 Å². The van der Waals surface area contributed by atoms with Gasteiger partial charge < -0.3 is 26.3 Å². The van der Waals surface area contributed by atoms with E-state index in [0.29, 0.717) is 0 Å². The normalized spacial score (nSPS) is 19.5. The summed E-state index contributed by atoms with van der Waals surface area (Å²) in [5.74, 6) is -3.61. The average molecular weight is 524 g/mol. The molecule has 2 amide bonds. The van der Waals surface area contributed by atoms with Gasteiger partial charge in [0.05, 0.1) is 26.0 Å². The minimum atomic E-state index is -5.10. The van der Waals surface area contributed by atoms with Crippen LogP contribution in [-0.2, 0) is 43.0 Å². The Morgan fingerprint density at radius 3 is 2.38 bits per heavy atom. The number of β-lactam (4-membered cyclic amide) rings is 1. The van der Waals surface area contributed by atoms with Crippen molar-refractivity contribution >= 4 is 52.2 Å². The van der Waals surface area contributed by atoms with Gasteiger partial charge >= 0.3 is 53.4 Å². The van der Waals surface area contributed by atoms with Crippen molar-refractivity contribution < 1.29 is 76.7 Å². The summed E-state index contributed by atoms with van der Waals surface area (Å²) in [6.45, 7) is 2.85. The summed E-state index contributed by atoms with van der Waals surface area (Å²) in [6, 6.07) is -3.59. The summed E-state index contributed by atoms with van der Waals surface area (Å²) in [6.07, 6.45) is 0. The van der Waals surface area contributed by atoms with Crippen LogP contribution in [-0.4, -0.2) is 72.5 Å². The standard InChI is InChI=1S/C14H21N4O10PS2.Na.H/c1-4-27-29(22,28-5-2)10(7-6-30-14(15)16-7)11(19)17-8-9(13(21)26-3)18(12(8)20)31(23,24)25;;/h6,8-10H,4-5H2,1-3H3,(H2,15,16)(H,17,19)(H,23,24,25);;/q;+1;-1. The number of ether oxygens (including phenoxy) is 1. The predicted molar refractivity (Wildman–Crippen MR) is 107 cm³/mol. The Labute approximate surface area is 211 Å². The Kier molecular flexibility index (Phi) is 10.3. The van der Waals surface area contributed by atoms with E-state index in [9.17, 15) is 31.9 Å². The quantitative estimate of drug-likeness (QED) is 0.0911. The van der Waals surface area contributed by atoms with Crippen LogP contribution in [0.2, 0.25) is 0 Å². The number of nitrogens with zero attached hydrogens (tertiary/aromatic N) is 2. The molecule has 3 unspecified atom stereocenters. The van der Waals surface area contributed by atoms with E-state index in [1.165, 1.54) is 19.2 Å². The van der Waals surface area contributed by atoms with E-state index in [1.54, 1.807) is 0 Å². The van der Waals surface area contributed by atoms with Crippen molar-refractivity contribution in [2.45, 2.75) is 31.6 Å². The Morgan fingerprint density at radius 1 is 1.41 bits per heavy atom. The summed E-state index contributed by atoms with van der Waals surface area (Å²) in [7, 11) is -8.37. The molecule has 0 aromatic carbocycles. The maximum atomic E-state index is 13.3. The number of hydrogen-bond donors (Lipinski definition) is 3. The van der Waals surface area contributed by atoms with E-state index in [2.05, 4.69) is 15.0 Å². The van der Waals surface area contributed by atoms with E-state index < -0.39 is 53.4 Å². The number of rotatable bonds is 10. The molecule has 3 atom stereocenters. The molecule has 2 heterocycles. The van der Waals surface area contributed by atoms with Gasteiger partial charge in [0.2, 0.25) is 5.91 Å². The zero-order valence-electron chi connectivity index (χ0n) is 18.6. The third kappa shape index (κ3) is 5.87. The molecule has 2 rings (SSSR count). The Bertz CT molecular complexity index is 1020. The number of aromatic nitrogens is 1. The summed E-state index contributed by atoms with van der Waals surface area (Å²) < 4.78 is 60.1. The van der Waals surface area contributed by atoms with Crippen LogP contribution in [0.25, 0.3) is 0 Å². The van der Waals surface area contributed by atoms with Crippen molar-refractivity contribution in [3.8, 4) is 0 Å². The smallest absolute Gasteiger partial charge is 1.00 e. The van der Waals surface area contributed by atoms with Crippen LogP contribution in [0, 0.1) is 0 Å². The number of nitrogens with two attached hydrogens (primary N) is 1. The van der Waals surface area contributed by atoms with Crippen molar-refractivity contribution in [1.82, 2.24) is 14.6 Å². The van der Waals surface area contributed by atoms with E-state index in [0.717, 1.165) is 18.4 Å². The molecule has 176 valence electrons. The van der Waals surface area contributed by atoms with Gasteiger partial charge in [-0.05, 0) is 13.8 Å². The van der Waals surface area contributed by atoms with Crippen molar-refractivity contribution in [2.75, 3.05) is 26.1 Å². The second-order valence-electron chi connectivity index (χ2n) is 5.95. The van der Waals surface area contributed by atoms with Crippen LogP contribution < -0.4 is 40.6 Å². The fourth-order valence-corrected chi connectivity index (χ4v) is 6.29. The number of amides is 2. The van der Waals surface area contributed by atoms with Crippen molar-refractivity contribution in [2.24, 2.45) is 0 Å². The van der Waals surface area contributed by atoms with Crippen LogP contribution >= 0.6 is 18.9 Å². The zero-order valence-corrected chi connectivity index (χ0v) is 22.1. The number of carbonyl (C=O) groups excluding carboxylic acids is 3. The molecule has 1 aromatic rings. The predicted octanol–water partition coefficient (Wildman–Crippen LogP) is -3.18. The number of hydrogen-bond acceptors (Lipinski definition) is 12. The number of thiazole rings is 1. The summed E-state index contributed by atoms with van der Waals surface area (Å²) in [5, 5.41) is 3.54. The molecule has 0 aliphatic carbocycles. The number of esters is 1. The van der Waals surface area contributed by atoms with Crippen molar-refractivity contribution in [3.63, 3.8) is 0 Å². The molecule has 1 aliphatic rings. The largest absolute Gasteiger partial charge is 1.00 e. The number of carbonyl (C=O) groups is 3. The van der Waals surface area contributed by atoms with Gasteiger partial charge in [-0.25, -0.2) is 9.78 Å². The SMILES string of the molecule is CCOP(=O)(OCC)C(C(=O)NC1C(=O)N(S(=O)(=O)O)C1C(=O)OC)c1csc(N)n1.[H-].[Na+]. The topological polar surface area (TPSA) is 205 Å². The maximum Gasteiger partial charge on any atom is 1.00 e. The molecule has 0 radical (unpaired) electrons. The molecule has 1 saturated heterocycles. The van der Waals surface area contributed by atoms with Crippen LogP contribution in [0.1, 0.15) is 26.6 Å². The van der Waals surface area contributed by atoms with Crippen LogP contribution in [0.4, 0.5) is 5.13 Å². The minimum absolute atomic E-state index is 0. The Morgan fingerprint density at radius 2 is 1.97 bits per heavy atom. The molecule has 1 aliphatic heterocycles. The fraction of sp³-hybridized carbons (Fsp3) is 0.571. The van der Waals surface area contributed by atoms with Gasteiger partial charge in [-0.3, -0.25) is 18.7 Å². The number of nitrogen functional groups attached to an aromatic ring is 1. The first-order valence-corrected chi connectivity index (χ1v) is 12.6. The molecule has 32 heavy (non-hydrogen) atoms. The summed E-state index contributed by atoms with van der Waals surface area (Å²) in [5.41, 5.74) is 3.86. The molecule has 1 fully saturated rings. The second-order valence-corrected chi connectivity index (χ2v) is 10.2. The number of methoxy groups -OCH3 is 1. The van der Waals surface area contributed by atoms with Gasteiger partial charge in [-0.1, -0.05) is 0 Å². The first kappa shape index (κ1) is 28.9. The number of anilines is 1. The van der Waals surface area contributed by atoms with Crippen LogP contribution in [0.3, 0.4) is 0 Å². The fourth-order valence-electron chi connectivity index (χ4n) is 2.86. The van der Waals surface area contributed by atoms with E-state index in [-0.39, 0.29) is 59.3 Å². The molecule has 1 aromatic heterocycles. The van der Waals surface area contributed by atoms with Gasteiger partial charge in [-0.15, -0.1) is 11.3 Å². The van der Waals surface area contributed by atoms with Crippen molar-refractivity contribution in [1.29, 1.82) is 0 Å². The summed E-state index contributed by atoms with van der Waals surface area (Å²) >= 11 is 0.947. The van der Waals surface area contributed by atoms with Crippen LogP contribution in [0.15, 0.2) is 5.38 Å². The van der Waals surface area contributed by atoms with E-state index in [4.69, 9.17) is 14.8 Å². The molecule has 14 nitrogen and oxygen atoms in total. The molecular weight excluding hydrogens is 502 g/mol. The third-order valence-corrected chi connectivity index (χ3v) is 8.01. The maximum absolute atomic E-state index is 13.3. The molecule has 0 spiro atoms. The van der Waals surface area contributed by atoms with Gasteiger partial charge in [0, 0.05) is 5.38 Å². The Balaban J connectivity index is 0.00000512.